The van der Waals surface area contributed by atoms with E-state index in [0.29, 0.717) is 25.2 Å². The van der Waals surface area contributed by atoms with Crippen LogP contribution in [0.25, 0.3) is 0 Å². The molecule has 6 nitrogen and oxygen atoms in total. The van der Waals surface area contributed by atoms with Crippen molar-refractivity contribution in [2.45, 2.75) is 33.2 Å². The molecular weight excluding hydrogens is 288 g/mol. The molecule has 0 atom stereocenters. The predicted octanol–water partition coefficient (Wildman–Crippen LogP) is 2.39. The van der Waals surface area contributed by atoms with E-state index in [1.54, 1.807) is 17.5 Å². The molecular formula is C14H18N4O2S. The number of aryl methyl sites for hydroxylation is 1. The highest BCUT2D eigenvalue weighted by Gasteiger charge is 2.22. The van der Waals surface area contributed by atoms with E-state index in [-0.39, 0.29) is 5.56 Å². The van der Waals surface area contributed by atoms with Gasteiger partial charge in [-0.05, 0) is 18.4 Å². The van der Waals surface area contributed by atoms with Crippen LogP contribution in [-0.2, 0) is 19.4 Å². The second-order valence-electron chi connectivity index (χ2n) is 4.67. The summed E-state index contributed by atoms with van der Waals surface area (Å²) in [5.41, 5.74) is 4.41. The van der Waals surface area contributed by atoms with Gasteiger partial charge < -0.3 is 10.0 Å². The fourth-order valence-electron chi connectivity index (χ4n) is 2.29. The van der Waals surface area contributed by atoms with Crippen LogP contribution in [0.3, 0.4) is 0 Å². The Kier molecular flexibility index (Phi) is 4.85. The van der Waals surface area contributed by atoms with Crippen LogP contribution in [0.2, 0.25) is 0 Å². The maximum absolute atomic E-state index is 11.7. The molecule has 0 aromatic carbocycles. The van der Waals surface area contributed by atoms with Crippen LogP contribution >= 0.6 is 11.3 Å². The Balaban J connectivity index is 2.45. The van der Waals surface area contributed by atoms with Gasteiger partial charge in [-0.1, -0.05) is 13.8 Å². The van der Waals surface area contributed by atoms with E-state index in [9.17, 15) is 9.90 Å². The van der Waals surface area contributed by atoms with Crippen LogP contribution < -0.4 is 4.90 Å². The molecule has 21 heavy (non-hydrogen) atoms. The first-order valence-corrected chi connectivity index (χ1v) is 7.72. The number of carboxylic acid groups (broad SMARTS) is 1. The first kappa shape index (κ1) is 15.4. The van der Waals surface area contributed by atoms with Crippen molar-refractivity contribution >= 4 is 23.1 Å². The summed E-state index contributed by atoms with van der Waals surface area (Å²) >= 11 is 1.51. The van der Waals surface area contributed by atoms with Gasteiger partial charge in [-0.15, -0.1) is 16.4 Å². The van der Waals surface area contributed by atoms with Crippen LogP contribution in [0.15, 0.2) is 10.9 Å². The summed E-state index contributed by atoms with van der Waals surface area (Å²) in [7, 11) is 1.81. The highest BCUT2D eigenvalue weighted by molar-refractivity contribution is 7.07. The highest BCUT2D eigenvalue weighted by Crippen LogP contribution is 2.24. The highest BCUT2D eigenvalue weighted by atomic mass is 32.1. The average molecular weight is 306 g/mol. The molecule has 1 N–H and O–H groups in total. The third-order valence-electron chi connectivity index (χ3n) is 3.29. The van der Waals surface area contributed by atoms with Gasteiger partial charge in [0.25, 0.3) is 0 Å². The SMILES string of the molecule is CCc1nnc(N(C)Cc2cscn2)c(C(=O)O)c1CC. The third-order valence-corrected chi connectivity index (χ3v) is 3.92. The molecule has 0 unspecified atom stereocenters. The number of carboxylic acids is 1. The van der Waals surface area contributed by atoms with Crippen molar-refractivity contribution in [1.82, 2.24) is 15.2 Å². The van der Waals surface area contributed by atoms with Gasteiger partial charge in [0, 0.05) is 12.4 Å². The number of hydrogen-bond acceptors (Lipinski definition) is 6. The zero-order valence-corrected chi connectivity index (χ0v) is 13.1. The average Bonchev–Trinajstić information content (AvgIpc) is 2.98. The molecule has 0 aliphatic carbocycles. The van der Waals surface area contributed by atoms with Crippen LogP contribution in [0.1, 0.15) is 41.2 Å². The van der Waals surface area contributed by atoms with E-state index in [2.05, 4.69) is 15.2 Å². The second-order valence-corrected chi connectivity index (χ2v) is 5.39. The number of nitrogens with zero attached hydrogens (tertiary/aromatic N) is 4. The maximum Gasteiger partial charge on any atom is 0.339 e. The van der Waals surface area contributed by atoms with E-state index in [4.69, 9.17) is 0 Å². The molecule has 0 fully saturated rings. The van der Waals surface area contributed by atoms with Crippen molar-refractivity contribution in [1.29, 1.82) is 0 Å². The van der Waals surface area contributed by atoms with E-state index in [1.165, 1.54) is 11.3 Å². The normalized spacial score (nSPS) is 10.6. The predicted molar refractivity (Wildman–Crippen MR) is 82.0 cm³/mol. The van der Waals surface area contributed by atoms with Gasteiger partial charge in [0.15, 0.2) is 5.82 Å². The van der Waals surface area contributed by atoms with Gasteiger partial charge in [0.1, 0.15) is 5.56 Å². The standard InChI is InChI=1S/C14H18N4O2S/c1-4-10-11(5-2)16-17-13(12(10)14(19)20)18(3)6-9-7-21-8-15-9/h7-8H,4-6H2,1-3H3,(H,19,20). The molecule has 2 aromatic heterocycles. The number of hydrogen-bond donors (Lipinski definition) is 1. The van der Waals surface area contributed by atoms with Gasteiger partial charge in [-0.3, -0.25) is 0 Å². The van der Waals surface area contributed by atoms with Crippen LogP contribution in [0, 0.1) is 0 Å². The van der Waals surface area contributed by atoms with Crippen molar-refractivity contribution in [3.05, 3.63) is 33.4 Å². The fourth-order valence-corrected chi connectivity index (χ4v) is 2.84. The first-order valence-electron chi connectivity index (χ1n) is 6.78. The summed E-state index contributed by atoms with van der Waals surface area (Å²) in [5, 5.41) is 19.8. The topological polar surface area (TPSA) is 79.2 Å². The minimum Gasteiger partial charge on any atom is -0.478 e. The Morgan fingerprint density at radius 1 is 1.33 bits per heavy atom. The van der Waals surface area contributed by atoms with Gasteiger partial charge in [0.2, 0.25) is 0 Å². The number of anilines is 1. The lowest BCUT2D eigenvalue weighted by molar-refractivity contribution is 0.0695. The Hall–Kier alpha value is -2.02. The van der Waals surface area contributed by atoms with Crippen LogP contribution in [0.4, 0.5) is 5.82 Å². The van der Waals surface area contributed by atoms with Gasteiger partial charge >= 0.3 is 5.97 Å². The Morgan fingerprint density at radius 3 is 2.62 bits per heavy atom. The summed E-state index contributed by atoms with van der Waals surface area (Å²) < 4.78 is 0. The van der Waals surface area contributed by atoms with Crippen molar-refractivity contribution in [2.75, 3.05) is 11.9 Å². The van der Waals surface area contributed by atoms with Crippen LogP contribution in [-0.4, -0.2) is 33.3 Å². The fraction of sp³-hybridized carbons (Fsp3) is 0.429. The molecule has 0 spiro atoms. The number of rotatable bonds is 6. The van der Waals surface area contributed by atoms with E-state index in [0.717, 1.165) is 17.0 Å². The molecule has 2 heterocycles. The van der Waals surface area contributed by atoms with E-state index < -0.39 is 5.97 Å². The zero-order valence-electron chi connectivity index (χ0n) is 12.3. The molecule has 0 bridgehead atoms. The lowest BCUT2D eigenvalue weighted by atomic mass is 10.0. The smallest absolute Gasteiger partial charge is 0.339 e. The number of thiazole rings is 1. The molecule has 112 valence electrons. The number of carbonyl (C=O) groups is 1. The second kappa shape index (κ2) is 6.62. The summed E-state index contributed by atoms with van der Waals surface area (Å²) in [6.07, 6.45) is 1.30. The van der Waals surface area contributed by atoms with Gasteiger partial charge in [0.05, 0.1) is 23.4 Å². The van der Waals surface area contributed by atoms with E-state index >= 15 is 0 Å². The van der Waals surface area contributed by atoms with Crippen molar-refractivity contribution in [3.8, 4) is 0 Å². The maximum atomic E-state index is 11.7. The number of aromatic carboxylic acids is 1. The van der Waals surface area contributed by atoms with E-state index in [1.807, 2.05) is 19.2 Å². The summed E-state index contributed by atoms with van der Waals surface area (Å²) in [6, 6.07) is 0. The third kappa shape index (κ3) is 3.18. The molecule has 0 saturated carbocycles. The lowest BCUT2D eigenvalue weighted by Crippen LogP contribution is -2.23. The zero-order chi connectivity index (χ0) is 15.4. The Morgan fingerprint density at radius 2 is 2.10 bits per heavy atom. The monoisotopic (exact) mass is 306 g/mol. The molecule has 0 aliphatic heterocycles. The molecule has 0 radical (unpaired) electrons. The minimum atomic E-state index is -0.962. The molecule has 2 aromatic rings. The van der Waals surface area contributed by atoms with Gasteiger partial charge in [-0.25, -0.2) is 9.78 Å². The number of aromatic nitrogens is 3. The van der Waals surface area contributed by atoms with Gasteiger partial charge in [-0.2, -0.15) is 5.10 Å². The minimum absolute atomic E-state index is 0.252. The Bertz CT molecular complexity index is 628. The van der Waals surface area contributed by atoms with Crippen LogP contribution in [0.5, 0.6) is 0 Å². The summed E-state index contributed by atoms with van der Waals surface area (Å²) in [6.45, 7) is 4.40. The summed E-state index contributed by atoms with van der Waals surface area (Å²) in [4.78, 5) is 17.7. The largest absolute Gasteiger partial charge is 0.478 e. The molecule has 0 aliphatic rings. The molecule has 0 amide bonds. The van der Waals surface area contributed by atoms with Crippen molar-refractivity contribution < 1.29 is 9.90 Å². The Labute approximate surface area is 127 Å². The lowest BCUT2D eigenvalue weighted by Gasteiger charge is -2.20. The molecule has 7 heteroatoms. The first-order chi connectivity index (χ1) is 10.1. The molecule has 2 rings (SSSR count). The van der Waals surface area contributed by atoms with Crippen molar-refractivity contribution in [2.24, 2.45) is 0 Å². The van der Waals surface area contributed by atoms with Crippen molar-refractivity contribution in [3.63, 3.8) is 0 Å². The molecule has 0 saturated heterocycles. The summed E-state index contributed by atoms with van der Waals surface area (Å²) in [5.74, 6) is -0.568. The quantitative estimate of drug-likeness (QED) is 0.882.